The van der Waals surface area contributed by atoms with Gasteiger partial charge in [0.1, 0.15) is 5.82 Å². The highest BCUT2D eigenvalue weighted by Gasteiger charge is 2.21. The summed E-state index contributed by atoms with van der Waals surface area (Å²) in [5.74, 6) is 0.449. The molecule has 1 N–H and O–H groups in total. The monoisotopic (exact) mass is 484 g/mol. The molecule has 0 unspecified atom stereocenters. The van der Waals surface area contributed by atoms with E-state index in [4.69, 9.17) is 0 Å². The van der Waals surface area contributed by atoms with E-state index < -0.39 is 0 Å². The van der Waals surface area contributed by atoms with E-state index in [2.05, 4.69) is 41.2 Å². The molecule has 182 valence electrons. The summed E-state index contributed by atoms with van der Waals surface area (Å²) >= 11 is 1.30. The Morgan fingerprint density at radius 3 is 2.26 bits per heavy atom. The second-order valence-electron chi connectivity index (χ2n) is 8.56. The lowest BCUT2D eigenvalue weighted by Crippen LogP contribution is -2.30. The van der Waals surface area contributed by atoms with Gasteiger partial charge in [0.15, 0.2) is 11.0 Å². The maximum atomic E-state index is 13.5. The maximum Gasteiger partial charge on any atom is 0.234 e. The van der Waals surface area contributed by atoms with E-state index in [0.29, 0.717) is 11.2 Å². The first-order chi connectivity index (χ1) is 16.2. The fraction of sp³-hybridized carbons (Fsp3) is 0.400. The van der Waals surface area contributed by atoms with E-state index in [9.17, 15) is 9.18 Å². The molecule has 3 aromatic rings. The Bertz CT molecular complexity index is 1080. The summed E-state index contributed by atoms with van der Waals surface area (Å²) in [6.07, 6.45) is 0. The lowest BCUT2D eigenvalue weighted by atomic mass is 10.2. The number of thioether (sulfide) groups is 1. The minimum Gasteiger partial charge on any atom is -0.369 e. The molecule has 9 heteroatoms. The first-order valence-electron chi connectivity index (χ1n) is 11.4. The van der Waals surface area contributed by atoms with Crippen LogP contribution in [-0.4, -0.2) is 58.0 Å². The van der Waals surface area contributed by atoms with Gasteiger partial charge in [-0.2, -0.15) is 0 Å². The van der Waals surface area contributed by atoms with Gasteiger partial charge in [-0.3, -0.25) is 14.3 Å². The van der Waals surface area contributed by atoms with Crippen LogP contribution in [0.5, 0.6) is 0 Å². The highest BCUT2D eigenvalue weighted by Crippen LogP contribution is 2.27. The number of rotatable bonds is 10. The molecule has 0 radical (unpaired) electrons. The number of aromatic nitrogens is 3. The van der Waals surface area contributed by atoms with E-state index in [0.717, 1.165) is 29.4 Å². The molecule has 1 aromatic heterocycles. The van der Waals surface area contributed by atoms with Gasteiger partial charge < -0.3 is 10.2 Å². The van der Waals surface area contributed by atoms with Crippen molar-refractivity contribution in [3.8, 4) is 5.69 Å². The first kappa shape index (κ1) is 25.7. The average molecular weight is 485 g/mol. The van der Waals surface area contributed by atoms with Crippen LogP contribution in [0.1, 0.15) is 39.6 Å². The van der Waals surface area contributed by atoms with Gasteiger partial charge in [0, 0.05) is 29.6 Å². The standard InChI is InChI=1S/C25H33FN6OS/c1-7-31(17(2)3)21-14-10-20(11-15-21)27-23(33)16-34-25-29-28-24(18(4)30(5)6)32(25)22-12-8-19(26)9-13-22/h8-15,17-18H,7,16H2,1-6H3,(H,27,33)/t18-/m1/s1. The van der Waals surface area contributed by atoms with Crippen molar-refractivity contribution in [3.05, 3.63) is 60.2 Å². The Morgan fingerprint density at radius 2 is 1.71 bits per heavy atom. The Labute approximate surface area is 205 Å². The van der Waals surface area contributed by atoms with Crippen LogP contribution in [0.25, 0.3) is 5.69 Å². The van der Waals surface area contributed by atoms with Gasteiger partial charge in [-0.25, -0.2) is 4.39 Å². The third-order valence-corrected chi connectivity index (χ3v) is 6.60. The van der Waals surface area contributed by atoms with Crippen LogP contribution in [0.15, 0.2) is 53.7 Å². The largest absolute Gasteiger partial charge is 0.369 e. The zero-order valence-electron chi connectivity index (χ0n) is 20.6. The molecule has 1 amide bonds. The maximum absolute atomic E-state index is 13.5. The number of nitrogens with zero attached hydrogens (tertiary/aromatic N) is 5. The highest BCUT2D eigenvalue weighted by molar-refractivity contribution is 7.99. The third kappa shape index (κ3) is 6.15. The summed E-state index contributed by atoms with van der Waals surface area (Å²) in [5.41, 5.74) is 2.62. The van der Waals surface area contributed by atoms with Gasteiger partial charge in [0.05, 0.1) is 11.8 Å². The van der Waals surface area contributed by atoms with Crippen LogP contribution in [0, 0.1) is 5.82 Å². The average Bonchev–Trinajstić information content (AvgIpc) is 3.23. The van der Waals surface area contributed by atoms with Gasteiger partial charge in [-0.05, 0) is 90.3 Å². The predicted molar refractivity (Wildman–Crippen MR) is 137 cm³/mol. The smallest absolute Gasteiger partial charge is 0.234 e. The molecule has 0 saturated heterocycles. The quantitative estimate of drug-likeness (QED) is 0.409. The van der Waals surface area contributed by atoms with Crippen LogP contribution in [0.3, 0.4) is 0 Å². The number of carbonyl (C=O) groups is 1. The number of hydrogen-bond acceptors (Lipinski definition) is 6. The van der Waals surface area contributed by atoms with Crippen molar-refractivity contribution >= 4 is 29.0 Å². The van der Waals surface area contributed by atoms with E-state index in [-0.39, 0.29) is 23.5 Å². The minimum atomic E-state index is -0.311. The molecule has 1 atom stereocenters. The normalized spacial score (nSPS) is 12.3. The van der Waals surface area contributed by atoms with Crippen molar-refractivity contribution in [2.24, 2.45) is 0 Å². The van der Waals surface area contributed by atoms with Crippen molar-refractivity contribution in [2.45, 2.75) is 44.9 Å². The second-order valence-corrected chi connectivity index (χ2v) is 9.50. The Kier molecular flexibility index (Phi) is 8.68. The molecule has 2 aromatic carbocycles. The van der Waals surface area contributed by atoms with Crippen LogP contribution in [0.2, 0.25) is 0 Å². The summed E-state index contributed by atoms with van der Waals surface area (Å²) in [6, 6.07) is 14.4. The SMILES string of the molecule is CCN(c1ccc(NC(=O)CSc2nnc([C@@H](C)N(C)C)n2-c2ccc(F)cc2)cc1)C(C)C. The van der Waals surface area contributed by atoms with Crippen LogP contribution >= 0.6 is 11.8 Å². The van der Waals surface area contributed by atoms with Gasteiger partial charge in [-0.1, -0.05) is 11.8 Å². The molecule has 0 saturated carbocycles. The molecule has 0 aliphatic heterocycles. The summed E-state index contributed by atoms with van der Waals surface area (Å²) in [4.78, 5) is 17.0. The van der Waals surface area contributed by atoms with Crippen molar-refractivity contribution in [1.29, 1.82) is 0 Å². The number of benzene rings is 2. The molecular weight excluding hydrogens is 451 g/mol. The van der Waals surface area contributed by atoms with Gasteiger partial charge >= 0.3 is 0 Å². The van der Waals surface area contributed by atoms with E-state index in [1.54, 1.807) is 12.1 Å². The molecule has 0 aliphatic rings. The number of hydrogen-bond donors (Lipinski definition) is 1. The Balaban J connectivity index is 1.72. The van der Waals surface area contributed by atoms with Gasteiger partial charge in [-0.15, -0.1) is 10.2 Å². The van der Waals surface area contributed by atoms with Crippen LogP contribution < -0.4 is 10.2 Å². The molecule has 0 fully saturated rings. The number of amides is 1. The molecule has 0 aliphatic carbocycles. The Hall–Kier alpha value is -2.91. The fourth-order valence-electron chi connectivity index (χ4n) is 3.62. The summed E-state index contributed by atoms with van der Waals surface area (Å²) in [5, 5.41) is 12.2. The molecular formula is C25H33FN6OS. The molecule has 34 heavy (non-hydrogen) atoms. The van der Waals surface area contributed by atoms with Crippen LogP contribution in [-0.2, 0) is 4.79 Å². The Morgan fingerprint density at radius 1 is 1.06 bits per heavy atom. The number of anilines is 2. The topological polar surface area (TPSA) is 66.3 Å². The number of nitrogens with one attached hydrogen (secondary N) is 1. The molecule has 7 nitrogen and oxygen atoms in total. The molecule has 3 rings (SSSR count). The number of carbonyl (C=O) groups excluding carboxylic acids is 1. The van der Waals surface area contributed by atoms with Crippen LogP contribution in [0.4, 0.5) is 15.8 Å². The van der Waals surface area contributed by atoms with Crippen molar-refractivity contribution in [1.82, 2.24) is 19.7 Å². The zero-order chi connectivity index (χ0) is 24.8. The van der Waals surface area contributed by atoms with Crippen molar-refractivity contribution < 1.29 is 9.18 Å². The van der Waals surface area contributed by atoms with E-state index in [1.165, 1.54) is 23.9 Å². The van der Waals surface area contributed by atoms with Gasteiger partial charge in [0.2, 0.25) is 5.91 Å². The summed E-state index contributed by atoms with van der Waals surface area (Å²) in [6.45, 7) is 9.39. The highest BCUT2D eigenvalue weighted by atomic mass is 32.2. The zero-order valence-corrected chi connectivity index (χ0v) is 21.4. The summed E-state index contributed by atoms with van der Waals surface area (Å²) < 4.78 is 15.4. The number of halogens is 1. The van der Waals surface area contributed by atoms with Crippen molar-refractivity contribution in [3.63, 3.8) is 0 Å². The van der Waals surface area contributed by atoms with Crippen molar-refractivity contribution in [2.75, 3.05) is 36.6 Å². The summed E-state index contributed by atoms with van der Waals surface area (Å²) in [7, 11) is 3.92. The molecule has 0 bridgehead atoms. The molecule has 1 heterocycles. The van der Waals surface area contributed by atoms with E-state index >= 15 is 0 Å². The predicted octanol–water partition coefficient (Wildman–Crippen LogP) is 4.99. The van der Waals surface area contributed by atoms with E-state index in [1.807, 2.05) is 54.8 Å². The fourth-order valence-corrected chi connectivity index (χ4v) is 4.38. The van der Waals surface area contributed by atoms with Gasteiger partial charge in [0.25, 0.3) is 0 Å². The molecule has 0 spiro atoms. The first-order valence-corrected chi connectivity index (χ1v) is 12.4. The third-order valence-electron chi connectivity index (χ3n) is 5.67. The second kappa shape index (κ2) is 11.5. The minimum absolute atomic E-state index is 0.0206. The lowest BCUT2D eigenvalue weighted by molar-refractivity contribution is -0.113. The lowest BCUT2D eigenvalue weighted by Gasteiger charge is -2.27.